The van der Waals surface area contributed by atoms with Crippen LogP contribution < -0.4 is 16.4 Å². The van der Waals surface area contributed by atoms with Crippen molar-refractivity contribution < 1.29 is 24.2 Å². The molecule has 5 N–H and O–H groups in total. The molecule has 0 spiro atoms. The van der Waals surface area contributed by atoms with Crippen LogP contribution in [0.4, 0.5) is 0 Å². The van der Waals surface area contributed by atoms with E-state index in [-0.39, 0.29) is 19.4 Å². The van der Waals surface area contributed by atoms with Crippen LogP contribution in [-0.2, 0) is 19.1 Å². The molecule has 8 heteroatoms. The lowest BCUT2D eigenvalue weighted by atomic mass is 10.1. The average molecular weight is 259 g/mol. The molecule has 0 radical (unpaired) electrons. The Morgan fingerprint density at radius 2 is 2.22 bits per heavy atom. The second kappa shape index (κ2) is 6.92. The molecule has 8 nitrogen and oxygen atoms in total. The van der Waals surface area contributed by atoms with E-state index < -0.39 is 29.9 Å². The molecule has 0 aliphatic carbocycles. The molecule has 1 fully saturated rings. The molecule has 0 saturated carbocycles. The molecule has 1 rings (SSSR count). The minimum Gasteiger partial charge on any atom is -0.480 e. The van der Waals surface area contributed by atoms with Gasteiger partial charge in [0.2, 0.25) is 11.8 Å². The fourth-order valence-electron chi connectivity index (χ4n) is 1.55. The van der Waals surface area contributed by atoms with Crippen molar-refractivity contribution in [3.05, 3.63) is 0 Å². The quantitative estimate of drug-likeness (QED) is 0.428. The highest BCUT2D eigenvalue weighted by molar-refractivity contribution is 5.87. The van der Waals surface area contributed by atoms with E-state index in [4.69, 9.17) is 15.6 Å². The summed E-state index contributed by atoms with van der Waals surface area (Å²) in [7, 11) is 0. The number of hydrogen-bond acceptors (Lipinski definition) is 5. The monoisotopic (exact) mass is 259 g/mol. The zero-order valence-corrected chi connectivity index (χ0v) is 9.85. The van der Waals surface area contributed by atoms with Crippen LogP contribution in [0.15, 0.2) is 0 Å². The SMILES string of the molecule is NC(=O)CC[C@@H](NC(=O)C1COCCN1)C(=O)O. The molecule has 102 valence electrons. The second-order valence-electron chi connectivity index (χ2n) is 3.99. The summed E-state index contributed by atoms with van der Waals surface area (Å²) in [5, 5.41) is 14.2. The van der Waals surface area contributed by atoms with Gasteiger partial charge in [-0.25, -0.2) is 4.79 Å². The number of carboxylic acids is 1. The van der Waals surface area contributed by atoms with Crippen molar-refractivity contribution in [1.82, 2.24) is 10.6 Å². The number of hydrogen-bond donors (Lipinski definition) is 4. The normalized spacial score (nSPS) is 21.0. The summed E-state index contributed by atoms with van der Waals surface area (Å²) in [6.07, 6.45) is -0.115. The van der Waals surface area contributed by atoms with Gasteiger partial charge in [0, 0.05) is 13.0 Å². The van der Waals surface area contributed by atoms with Crippen molar-refractivity contribution in [3.63, 3.8) is 0 Å². The van der Waals surface area contributed by atoms with Gasteiger partial charge in [-0.05, 0) is 6.42 Å². The van der Waals surface area contributed by atoms with Crippen LogP contribution in [0.1, 0.15) is 12.8 Å². The maximum atomic E-state index is 11.7. The van der Waals surface area contributed by atoms with Crippen molar-refractivity contribution >= 4 is 17.8 Å². The summed E-state index contributed by atoms with van der Waals surface area (Å²) in [5.74, 6) is -2.25. The summed E-state index contributed by atoms with van der Waals surface area (Å²) in [4.78, 5) is 33.2. The zero-order chi connectivity index (χ0) is 13.5. The van der Waals surface area contributed by atoms with E-state index in [9.17, 15) is 14.4 Å². The highest BCUT2D eigenvalue weighted by atomic mass is 16.5. The van der Waals surface area contributed by atoms with Crippen molar-refractivity contribution in [2.75, 3.05) is 19.8 Å². The molecule has 1 aliphatic rings. The van der Waals surface area contributed by atoms with Gasteiger partial charge in [-0.3, -0.25) is 9.59 Å². The fraction of sp³-hybridized carbons (Fsp3) is 0.700. The standard InChI is InChI=1S/C10H17N3O5/c11-8(14)2-1-6(10(16)17)13-9(15)7-5-18-4-3-12-7/h6-7,12H,1-5H2,(H2,11,14)(H,13,15)(H,16,17)/t6-,7?/m1/s1. The van der Waals surface area contributed by atoms with Gasteiger partial charge >= 0.3 is 5.97 Å². The molecular weight excluding hydrogens is 242 g/mol. The first-order chi connectivity index (χ1) is 8.50. The van der Waals surface area contributed by atoms with Crippen LogP contribution in [0.3, 0.4) is 0 Å². The van der Waals surface area contributed by atoms with E-state index in [1.54, 1.807) is 0 Å². The number of carboxylic acid groups (broad SMARTS) is 1. The van der Waals surface area contributed by atoms with Gasteiger partial charge in [0.15, 0.2) is 0 Å². The Bertz CT molecular complexity index is 327. The van der Waals surface area contributed by atoms with Gasteiger partial charge in [-0.1, -0.05) is 0 Å². The highest BCUT2D eigenvalue weighted by Crippen LogP contribution is 2.00. The minimum absolute atomic E-state index is 0.0238. The molecule has 0 aromatic heterocycles. The van der Waals surface area contributed by atoms with Crippen LogP contribution in [0.5, 0.6) is 0 Å². The maximum Gasteiger partial charge on any atom is 0.326 e. The number of nitrogens with one attached hydrogen (secondary N) is 2. The van der Waals surface area contributed by atoms with E-state index >= 15 is 0 Å². The number of carbonyl (C=O) groups is 3. The van der Waals surface area contributed by atoms with Crippen molar-refractivity contribution in [2.24, 2.45) is 5.73 Å². The Morgan fingerprint density at radius 1 is 1.50 bits per heavy atom. The lowest BCUT2D eigenvalue weighted by Crippen LogP contribution is -2.54. The number of amides is 2. The van der Waals surface area contributed by atoms with Gasteiger partial charge in [-0.15, -0.1) is 0 Å². The Kier molecular flexibility index (Phi) is 5.53. The zero-order valence-electron chi connectivity index (χ0n) is 9.85. The molecule has 2 atom stereocenters. The van der Waals surface area contributed by atoms with Crippen LogP contribution in [0, 0.1) is 0 Å². The first-order valence-corrected chi connectivity index (χ1v) is 5.63. The van der Waals surface area contributed by atoms with Gasteiger partial charge in [-0.2, -0.15) is 0 Å². The van der Waals surface area contributed by atoms with Gasteiger partial charge in [0.05, 0.1) is 13.2 Å². The highest BCUT2D eigenvalue weighted by Gasteiger charge is 2.26. The number of nitrogens with two attached hydrogens (primary N) is 1. The van der Waals surface area contributed by atoms with Gasteiger partial charge in [0.1, 0.15) is 12.1 Å². The third-order valence-corrected chi connectivity index (χ3v) is 2.53. The third-order valence-electron chi connectivity index (χ3n) is 2.53. The Labute approximate surface area is 104 Å². The number of rotatable bonds is 6. The summed E-state index contributed by atoms with van der Waals surface area (Å²) in [5.41, 5.74) is 4.94. The van der Waals surface area contributed by atoms with E-state index in [1.165, 1.54) is 0 Å². The van der Waals surface area contributed by atoms with E-state index in [0.29, 0.717) is 13.2 Å². The predicted octanol–water partition coefficient (Wildman–Crippen LogP) is -2.19. The molecule has 1 saturated heterocycles. The van der Waals surface area contributed by atoms with Crippen molar-refractivity contribution in [1.29, 1.82) is 0 Å². The predicted molar refractivity (Wildman–Crippen MR) is 60.6 cm³/mol. The second-order valence-corrected chi connectivity index (χ2v) is 3.99. The molecular formula is C10H17N3O5. The maximum absolute atomic E-state index is 11.7. The fourth-order valence-corrected chi connectivity index (χ4v) is 1.55. The molecule has 0 bridgehead atoms. The first kappa shape index (κ1) is 14.4. The summed E-state index contributed by atoms with van der Waals surface area (Å²) < 4.78 is 5.10. The smallest absolute Gasteiger partial charge is 0.326 e. The van der Waals surface area contributed by atoms with Gasteiger partial charge in [0.25, 0.3) is 0 Å². The first-order valence-electron chi connectivity index (χ1n) is 5.63. The summed E-state index contributed by atoms with van der Waals surface area (Å²) in [6, 6.07) is -1.68. The van der Waals surface area contributed by atoms with Crippen molar-refractivity contribution in [2.45, 2.75) is 24.9 Å². The van der Waals surface area contributed by atoms with E-state index in [2.05, 4.69) is 10.6 Å². The summed E-state index contributed by atoms with van der Waals surface area (Å²) in [6.45, 7) is 1.26. The van der Waals surface area contributed by atoms with Gasteiger partial charge < -0.3 is 26.2 Å². The average Bonchev–Trinajstić information content (AvgIpc) is 2.34. The molecule has 2 amide bonds. The molecule has 0 aromatic carbocycles. The van der Waals surface area contributed by atoms with Crippen LogP contribution in [-0.4, -0.2) is 54.7 Å². The molecule has 1 aliphatic heterocycles. The lowest BCUT2D eigenvalue weighted by molar-refractivity contribution is -0.143. The number of carbonyl (C=O) groups excluding carboxylic acids is 2. The third kappa shape index (κ3) is 4.68. The van der Waals surface area contributed by atoms with Crippen LogP contribution in [0.25, 0.3) is 0 Å². The number of primary amides is 1. The van der Waals surface area contributed by atoms with Crippen LogP contribution in [0.2, 0.25) is 0 Å². The molecule has 0 aromatic rings. The van der Waals surface area contributed by atoms with Crippen LogP contribution >= 0.6 is 0 Å². The molecule has 18 heavy (non-hydrogen) atoms. The Morgan fingerprint density at radius 3 is 2.72 bits per heavy atom. The Hall–Kier alpha value is -1.67. The minimum atomic E-state index is -1.19. The van der Waals surface area contributed by atoms with E-state index in [1.807, 2.05) is 0 Å². The lowest BCUT2D eigenvalue weighted by Gasteiger charge is -2.24. The number of morpholine rings is 1. The largest absolute Gasteiger partial charge is 0.480 e. The molecule has 1 heterocycles. The summed E-state index contributed by atoms with van der Waals surface area (Å²) >= 11 is 0. The number of aliphatic carboxylic acids is 1. The number of ether oxygens (including phenoxy) is 1. The topological polar surface area (TPSA) is 131 Å². The van der Waals surface area contributed by atoms with E-state index in [0.717, 1.165) is 0 Å². The van der Waals surface area contributed by atoms with Crippen molar-refractivity contribution in [3.8, 4) is 0 Å². The molecule has 1 unspecified atom stereocenters. The Balaban J connectivity index is 2.46.